The molecule has 94 valence electrons. The zero-order chi connectivity index (χ0) is 13.3. The third kappa shape index (κ3) is 2.37. The molecule has 0 atom stereocenters. The van der Waals surface area contributed by atoms with Crippen molar-refractivity contribution in [2.24, 2.45) is 0 Å². The van der Waals surface area contributed by atoms with Crippen molar-refractivity contribution < 1.29 is 9.90 Å². The Morgan fingerprint density at radius 2 is 2.17 bits per heavy atom. The van der Waals surface area contributed by atoms with E-state index in [9.17, 15) is 4.79 Å². The molecule has 6 heteroatoms. The summed E-state index contributed by atoms with van der Waals surface area (Å²) in [7, 11) is 0. The highest BCUT2D eigenvalue weighted by atomic mass is 35.5. The van der Waals surface area contributed by atoms with Crippen molar-refractivity contribution in [2.45, 2.75) is 19.3 Å². The normalized spacial score (nSPS) is 11.5. The van der Waals surface area contributed by atoms with E-state index in [1.807, 2.05) is 0 Å². The molecule has 0 unspecified atom stereocenters. The fourth-order valence-electron chi connectivity index (χ4n) is 1.29. The fraction of sp³-hybridized carbons (Fsp3) is 0.250. The summed E-state index contributed by atoms with van der Waals surface area (Å²) in [6, 6.07) is 3.49. The molecule has 0 saturated heterocycles. The number of aromatic nitrogens is 2. The first kappa shape index (κ1) is 13.0. The van der Waals surface area contributed by atoms with E-state index in [0.717, 1.165) is 0 Å². The summed E-state index contributed by atoms with van der Waals surface area (Å²) >= 11 is 7.13. The number of thiazole rings is 1. The topological polar surface area (TPSA) is 63.1 Å². The molecule has 0 saturated carbocycles. The fourth-order valence-corrected chi connectivity index (χ4v) is 2.37. The SMILES string of the molecule is CC(C)(C(=O)O)c1csc(-c2ccc(Cl)cn2)n1. The van der Waals surface area contributed by atoms with Gasteiger partial charge in [-0.1, -0.05) is 11.6 Å². The van der Waals surface area contributed by atoms with Gasteiger partial charge in [0.25, 0.3) is 0 Å². The van der Waals surface area contributed by atoms with E-state index in [1.54, 1.807) is 37.6 Å². The lowest BCUT2D eigenvalue weighted by Gasteiger charge is -2.15. The number of hydrogen-bond acceptors (Lipinski definition) is 4. The van der Waals surface area contributed by atoms with Gasteiger partial charge in [0.15, 0.2) is 0 Å². The lowest BCUT2D eigenvalue weighted by molar-refractivity contribution is -0.142. The van der Waals surface area contributed by atoms with E-state index < -0.39 is 11.4 Å². The van der Waals surface area contributed by atoms with E-state index in [1.165, 1.54) is 11.3 Å². The van der Waals surface area contributed by atoms with Gasteiger partial charge < -0.3 is 5.11 Å². The molecule has 0 radical (unpaired) electrons. The Bertz CT molecular complexity index is 578. The zero-order valence-electron chi connectivity index (χ0n) is 9.85. The summed E-state index contributed by atoms with van der Waals surface area (Å²) < 4.78 is 0. The summed E-state index contributed by atoms with van der Waals surface area (Å²) in [5.74, 6) is -0.900. The van der Waals surface area contributed by atoms with Crippen molar-refractivity contribution in [1.29, 1.82) is 0 Å². The quantitative estimate of drug-likeness (QED) is 0.939. The first-order valence-electron chi connectivity index (χ1n) is 5.22. The Labute approximate surface area is 113 Å². The number of carbonyl (C=O) groups is 1. The second-order valence-corrected chi connectivity index (χ2v) is 5.62. The van der Waals surface area contributed by atoms with Crippen LogP contribution >= 0.6 is 22.9 Å². The van der Waals surface area contributed by atoms with Crippen molar-refractivity contribution in [1.82, 2.24) is 9.97 Å². The van der Waals surface area contributed by atoms with Crippen LogP contribution in [0.25, 0.3) is 10.7 Å². The summed E-state index contributed by atoms with van der Waals surface area (Å²) in [5, 5.41) is 12.1. The average molecular weight is 283 g/mol. The Hall–Kier alpha value is -1.46. The molecule has 0 aliphatic carbocycles. The number of carboxylic acid groups (broad SMARTS) is 1. The average Bonchev–Trinajstić information content (AvgIpc) is 2.79. The maximum Gasteiger partial charge on any atom is 0.315 e. The Kier molecular flexibility index (Phi) is 3.36. The number of halogens is 1. The van der Waals surface area contributed by atoms with Crippen LogP contribution in [0, 0.1) is 0 Å². The molecule has 1 N–H and O–H groups in total. The van der Waals surface area contributed by atoms with Crippen LogP contribution in [0.15, 0.2) is 23.7 Å². The second kappa shape index (κ2) is 4.66. The van der Waals surface area contributed by atoms with Crippen molar-refractivity contribution >= 4 is 28.9 Å². The van der Waals surface area contributed by atoms with Crippen LogP contribution in [0.5, 0.6) is 0 Å². The second-order valence-electron chi connectivity index (χ2n) is 4.33. The van der Waals surface area contributed by atoms with Crippen LogP contribution in [0.4, 0.5) is 0 Å². The van der Waals surface area contributed by atoms with Gasteiger partial charge >= 0.3 is 5.97 Å². The first-order valence-corrected chi connectivity index (χ1v) is 6.48. The third-order valence-electron chi connectivity index (χ3n) is 2.63. The molecule has 0 aromatic carbocycles. The Balaban J connectivity index is 2.37. The van der Waals surface area contributed by atoms with Gasteiger partial charge in [-0.3, -0.25) is 9.78 Å². The van der Waals surface area contributed by atoms with Crippen LogP contribution in [0.1, 0.15) is 19.5 Å². The predicted molar refractivity (Wildman–Crippen MR) is 71.0 cm³/mol. The number of nitrogens with zero attached hydrogens (tertiary/aromatic N) is 2. The van der Waals surface area contributed by atoms with Crippen molar-refractivity contribution in [3.05, 3.63) is 34.4 Å². The van der Waals surface area contributed by atoms with E-state index in [4.69, 9.17) is 16.7 Å². The van der Waals surface area contributed by atoms with Crippen LogP contribution < -0.4 is 0 Å². The van der Waals surface area contributed by atoms with E-state index in [-0.39, 0.29) is 0 Å². The largest absolute Gasteiger partial charge is 0.481 e. The maximum atomic E-state index is 11.1. The molecule has 2 heterocycles. The summed E-state index contributed by atoms with van der Waals surface area (Å²) in [4.78, 5) is 19.6. The molecule has 2 aromatic heterocycles. The van der Waals surface area contributed by atoms with Crippen LogP contribution in [0.3, 0.4) is 0 Å². The summed E-state index contributed by atoms with van der Waals surface area (Å²) in [6.45, 7) is 3.26. The third-order valence-corrected chi connectivity index (χ3v) is 3.71. The molecule has 2 aromatic rings. The minimum absolute atomic E-state index is 0.534. The molecule has 0 fully saturated rings. The smallest absolute Gasteiger partial charge is 0.315 e. The van der Waals surface area contributed by atoms with Gasteiger partial charge in [-0.05, 0) is 26.0 Å². The van der Waals surface area contributed by atoms with Crippen LogP contribution in [-0.2, 0) is 10.2 Å². The van der Waals surface area contributed by atoms with Gasteiger partial charge in [0.2, 0.25) is 0 Å². The van der Waals surface area contributed by atoms with Gasteiger partial charge in [-0.15, -0.1) is 11.3 Å². The summed E-state index contributed by atoms with van der Waals surface area (Å²) in [5.41, 5.74) is 0.227. The number of aliphatic carboxylic acids is 1. The molecule has 4 nitrogen and oxygen atoms in total. The van der Waals surface area contributed by atoms with Crippen LogP contribution in [-0.4, -0.2) is 21.0 Å². The highest BCUT2D eigenvalue weighted by Gasteiger charge is 2.32. The van der Waals surface area contributed by atoms with Gasteiger partial charge in [-0.25, -0.2) is 4.98 Å². The van der Waals surface area contributed by atoms with Crippen molar-refractivity contribution in [3.63, 3.8) is 0 Å². The molecule has 0 aliphatic rings. The van der Waals surface area contributed by atoms with E-state index in [0.29, 0.717) is 21.4 Å². The monoisotopic (exact) mass is 282 g/mol. The van der Waals surface area contributed by atoms with Crippen LogP contribution in [0.2, 0.25) is 5.02 Å². The minimum Gasteiger partial charge on any atom is -0.481 e. The minimum atomic E-state index is -0.999. The number of pyridine rings is 1. The number of hydrogen-bond donors (Lipinski definition) is 1. The Morgan fingerprint density at radius 1 is 1.44 bits per heavy atom. The van der Waals surface area contributed by atoms with Gasteiger partial charge in [-0.2, -0.15) is 0 Å². The Morgan fingerprint density at radius 3 is 2.72 bits per heavy atom. The lowest BCUT2D eigenvalue weighted by atomic mass is 9.90. The summed E-state index contributed by atoms with van der Waals surface area (Å²) in [6.07, 6.45) is 1.54. The zero-order valence-corrected chi connectivity index (χ0v) is 11.4. The maximum absolute atomic E-state index is 11.1. The lowest BCUT2D eigenvalue weighted by Crippen LogP contribution is -2.28. The molecular formula is C12H11ClN2O2S. The van der Waals surface area contributed by atoms with E-state index in [2.05, 4.69) is 9.97 Å². The highest BCUT2D eigenvalue weighted by molar-refractivity contribution is 7.13. The van der Waals surface area contributed by atoms with Gasteiger partial charge in [0.1, 0.15) is 10.4 Å². The number of rotatable bonds is 3. The standard InChI is InChI=1S/C12H11ClN2O2S/c1-12(2,11(16)17)9-6-18-10(15-9)8-4-3-7(13)5-14-8/h3-6H,1-2H3,(H,16,17). The molecule has 0 amide bonds. The molecule has 0 aliphatic heterocycles. The van der Waals surface area contributed by atoms with E-state index >= 15 is 0 Å². The molecule has 18 heavy (non-hydrogen) atoms. The highest BCUT2D eigenvalue weighted by Crippen LogP contribution is 2.29. The van der Waals surface area contributed by atoms with Gasteiger partial charge in [0.05, 0.1) is 16.4 Å². The molecular weight excluding hydrogens is 272 g/mol. The number of carboxylic acids is 1. The van der Waals surface area contributed by atoms with Crippen molar-refractivity contribution in [3.8, 4) is 10.7 Å². The van der Waals surface area contributed by atoms with Gasteiger partial charge in [0, 0.05) is 11.6 Å². The predicted octanol–water partition coefficient (Wildman–Crippen LogP) is 3.22. The first-order chi connectivity index (χ1) is 8.41. The molecule has 0 spiro atoms. The molecule has 2 rings (SSSR count). The molecule has 0 bridgehead atoms. The van der Waals surface area contributed by atoms with Crippen molar-refractivity contribution in [2.75, 3.05) is 0 Å².